The van der Waals surface area contributed by atoms with E-state index in [9.17, 15) is 4.39 Å². The third kappa shape index (κ3) is 3.62. The number of ether oxygens (including phenoxy) is 2. The molecule has 0 fully saturated rings. The highest BCUT2D eigenvalue weighted by atomic mass is 19.1. The van der Waals surface area contributed by atoms with Gasteiger partial charge in [-0.05, 0) is 35.9 Å². The molecule has 0 radical (unpaired) electrons. The Morgan fingerprint density at radius 2 is 2.10 bits per heavy atom. The van der Waals surface area contributed by atoms with Gasteiger partial charge in [-0.15, -0.1) is 0 Å². The summed E-state index contributed by atoms with van der Waals surface area (Å²) in [6.07, 6.45) is 0. The molecular weight excluding hydrogens is 275 g/mol. The SMILES string of the molecule is COc1cccc(COc2ccc(/C(N)=N/O)cc2F)c1. The second-order valence-electron chi connectivity index (χ2n) is 4.27. The van der Waals surface area contributed by atoms with E-state index >= 15 is 0 Å². The molecule has 2 rings (SSSR count). The van der Waals surface area contributed by atoms with Crippen LogP contribution in [-0.2, 0) is 6.61 Å². The Morgan fingerprint density at radius 3 is 2.76 bits per heavy atom. The summed E-state index contributed by atoms with van der Waals surface area (Å²) < 4.78 is 24.4. The summed E-state index contributed by atoms with van der Waals surface area (Å²) in [5.74, 6) is 0.0569. The Balaban J connectivity index is 2.09. The molecule has 5 nitrogen and oxygen atoms in total. The molecule has 0 aromatic heterocycles. The molecule has 21 heavy (non-hydrogen) atoms. The van der Waals surface area contributed by atoms with Gasteiger partial charge in [-0.25, -0.2) is 4.39 Å². The van der Waals surface area contributed by atoms with Crippen LogP contribution in [-0.4, -0.2) is 18.2 Å². The van der Waals surface area contributed by atoms with Crippen molar-refractivity contribution in [3.8, 4) is 11.5 Å². The van der Waals surface area contributed by atoms with Gasteiger partial charge in [0.1, 0.15) is 12.4 Å². The highest BCUT2D eigenvalue weighted by Gasteiger charge is 2.08. The van der Waals surface area contributed by atoms with Crippen molar-refractivity contribution in [2.45, 2.75) is 6.61 Å². The molecular formula is C15H15FN2O3. The van der Waals surface area contributed by atoms with E-state index < -0.39 is 5.82 Å². The van der Waals surface area contributed by atoms with E-state index in [-0.39, 0.29) is 23.8 Å². The van der Waals surface area contributed by atoms with Crippen LogP contribution in [0.15, 0.2) is 47.6 Å². The zero-order valence-corrected chi connectivity index (χ0v) is 11.4. The molecule has 0 atom stereocenters. The minimum absolute atomic E-state index is 0.0901. The van der Waals surface area contributed by atoms with Crippen LogP contribution in [0.5, 0.6) is 11.5 Å². The summed E-state index contributed by atoms with van der Waals surface area (Å²) in [6.45, 7) is 0.205. The van der Waals surface area contributed by atoms with Crippen LogP contribution in [0.4, 0.5) is 4.39 Å². The predicted octanol–water partition coefficient (Wildman–Crippen LogP) is 2.51. The van der Waals surface area contributed by atoms with E-state index in [0.29, 0.717) is 5.75 Å². The maximum Gasteiger partial charge on any atom is 0.170 e. The largest absolute Gasteiger partial charge is 0.497 e. The fraction of sp³-hybridized carbons (Fsp3) is 0.133. The van der Waals surface area contributed by atoms with Crippen molar-refractivity contribution in [1.82, 2.24) is 0 Å². The summed E-state index contributed by atoms with van der Waals surface area (Å²) in [6, 6.07) is 11.4. The lowest BCUT2D eigenvalue weighted by atomic mass is 10.2. The van der Waals surface area contributed by atoms with Crippen molar-refractivity contribution >= 4 is 5.84 Å². The quantitative estimate of drug-likeness (QED) is 0.384. The molecule has 3 N–H and O–H groups in total. The lowest BCUT2D eigenvalue weighted by Crippen LogP contribution is -2.13. The Hall–Kier alpha value is -2.76. The van der Waals surface area contributed by atoms with Crippen LogP contribution < -0.4 is 15.2 Å². The smallest absolute Gasteiger partial charge is 0.170 e. The van der Waals surface area contributed by atoms with Crippen molar-refractivity contribution in [2.75, 3.05) is 7.11 Å². The Bertz CT molecular complexity index is 659. The van der Waals surface area contributed by atoms with Crippen LogP contribution >= 0.6 is 0 Å². The fourth-order valence-electron chi connectivity index (χ4n) is 1.76. The summed E-state index contributed by atoms with van der Waals surface area (Å²) in [5.41, 5.74) is 6.53. The second-order valence-corrected chi connectivity index (χ2v) is 4.27. The molecule has 0 bridgehead atoms. The van der Waals surface area contributed by atoms with Crippen molar-refractivity contribution < 1.29 is 19.1 Å². The highest BCUT2D eigenvalue weighted by Crippen LogP contribution is 2.20. The van der Waals surface area contributed by atoms with E-state index in [4.69, 9.17) is 20.4 Å². The summed E-state index contributed by atoms with van der Waals surface area (Å²) in [4.78, 5) is 0. The molecule has 0 aliphatic carbocycles. The number of nitrogens with two attached hydrogens (primary N) is 1. The van der Waals surface area contributed by atoms with Gasteiger partial charge in [-0.1, -0.05) is 17.3 Å². The van der Waals surface area contributed by atoms with Crippen LogP contribution in [0.3, 0.4) is 0 Å². The Morgan fingerprint density at radius 1 is 1.29 bits per heavy atom. The van der Waals surface area contributed by atoms with E-state index in [2.05, 4.69) is 5.16 Å². The number of methoxy groups -OCH3 is 1. The van der Waals surface area contributed by atoms with Crippen molar-refractivity contribution in [3.63, 3.8) is 0 Å². The first-order valence-corrected chi connectivity index (χ1v) is 6.17. The fourth-order valence-corrected chi connectivity index (χ4v) is 1.76. The first kappa shape index (κ1) is 14.6. The monoisotopic (exact) mass is 290 g/mol. The minimum atomic E-state index is -0.581. The molecule has 0 heterocycles. The van der Waals surface area contributed by atoms with Crippen LogP contribution in [0.2, 0.25) is 0 Å². The molecule has 0 amide bonds. The molecule has 110 valence electrons. The lowest BCUT2D eigenvalue weighted by Gasteiger charge is -2.09. The average Bonchev–Trinajstić information content (AvgIpc) is 2.53. The van der Waals surface area contributed by atoms with Gasteiger partial charge in [0.25, 0.3) is 0 Å². The molecule has 0 spiro atoms. The zero-order valence-electron chi connectivity index (χ0n) is 11.4. The van der Waals surface area contributed by atoms with Gasteiger partial charge in [0.15, 0.2) is 17.4 Å². The summed E-state index contributed by atoms with van der Waals surface area (Å²) in [7, 11) is 1.57. The molecule has 2 aromatic carbocycles. The van der Waals surface area contributed by atoms with Crippen molar-refractivity contribution in [2.24, 2.45) is 10.9 Å². The number of hydrogen-bond donors (Lipinski definition) is 2. The van der Waals surface area contributed by atoms with Gasteiger partial charge < -0.3 is 20.4 Å². The third-order valence-corrected chi connectivity index (χ3v) is 2.86. The second kappa shape index (κ2) is 6.60. The zero-order chi connectivity index (χ0) is 15.2. The molecule has 0 unspecified atom stereocenters. The van der Waals surface area contributed by atoms with E-state index in [1.54, 1.807) is 7.11 Å². The van der Waals surface area contributed by atoms with Crippen LogP contribution in [0.1, 0.15) is 11.1 Å². The first-order chi connectivity index (χ1) is 10.1. The van der Waals surface area contributed by atoms with Gasteiger partial charge in [-0.2, -0.15) is 0 Å². The number of amidine groups is 1. The molecule has 0 aliphatic rings. The average molecular weight is 290 g/mol. The van der Waals surface area contributed by atoms with Crippen LogP contribution in [0, 0.1) is 5.82 Å². The number of rotatable bonds is 5. The van der Waals surface area contributed by atoms with E-state index in [0.717, 1.165) is 11.6 Å². The number of benzene rings is 2. The maximum atomic E-state index is 13.9. The lowest BCUT2D eigenvalue weighted by molar-refractivity contribution is 0.289. The number of nitrogens with zero attached hydrogens (tertiary/aromatic N) is 1. The summed E-state index contributed by atoms with van der Waals surface area (Å²) >= 11 is 0. The van der Waals surface area contributed by atoms with Gasteiger partial charge in [-0.3, -0.25) is 0 Å². The normalized spacial score (nSPS) is 11.2. The molecule has 6 heteroatoms. The molecule has 2 aromatic rings. The number of oxime groups is 1. The summed E-state index contributed by atoms with van der Waals surface area (Å²) in [5, 5.41) is 11.4. The van der Waals surface area contributed by atoms with E-state index in [1.807, 2.05) is 24.3 Å². The van der Waals surface area contributed by atoms with E-state index in [1.165, 1.54) is 12.1 Å². The van der Waals surface area contributed by atoms with Gasteiger partial charge in [0, 0.05) is 5.56 Å². The van der Waals surface area contributed by atoms with Gasteiger partial charge in [0.2, 0.25) is 0 Å². The number of halogens is 1. The third-order valence-electron chi connectivity index (χ3n) is 2.86. The highest BCUT2D eigenvalue weighted by molar-refractivity contribution is 5.97. The minimum Gasteiger partial charge on any atom is -0.497 e. The standard InChI is InChI=1S/C15H15FN2O3/c1-20-12-4-2-3-10(7-12)9-21-14-6-5-11(8-13(14)16)15(17)18-19/h2-8,19H,9H2,1H3,(H2,17,18). The van der Waals surface area contributed by atoms with Gasteiger partial charge >= 0.3 is 0 Å². The number of hydrogen-bond acceptors (Lipinski definition) is 4. The maximum absolute atomic E-state index is 13.9. The molecule has 0 saturated carbocycles. The first-order valence-electron chi connectivity index (χ1n) is 6.17. The Kier molecular flexibility index (Phi) is 4.61. The Labute approximate surface area is 121 Å². The molecule has 0 saturated heterocycles. The van der Waals surface area contributed by atoms with Crippen molar-refractivity contribution in [3.05, 3.63) is 59.4 Å². The van der Waals surface area contributed by atoms with Gasteiger partial charge in [0.05, 0.1) is 7.11 Å². The molecule has 0 aliphatic heterocycles. The topological polar surface area (TPSA) is 77.1 Å². The van der Waals surface area contributed by atoms with Crippen molar-refractivity contribution in [1.29, 1.82) is 0 Å². The van der Waals surface area contributed by atoms with Crippen LogP contribution in [0.25, 0.3) is 0 Å². The predicted molar refractivity (Wildman–Crippen MR) is 76.2 cm³/mol.